The largest absolute Gasteiger partial charge is 0.486 e. The molecule has 0 bridgehead atoms. The molecule has 0 saturated carbocycles. The van der Waals surface area contributed by atoms with Crippen LogP contribution in [0.4, 0.5) is 0 Å². The maximum atomic E-state index is 12.6. The molecule has 150 valence electrons. The highest BCUT2D eigenvalue weighted by molar-refractivity contribution is 7.91. The fourth-order valence-corrected chi connectivity index (χ4v) is 6.03. The molecular formula is C19H22N2O5S2. The maximum absolute atomic E-state index is 12.6. The molecule has 1 amide bonds. The molecule has 0 aliphatic carbocycles. The molecule has 1 aromatic heterocycles. The Morgan fingerprint density at radius 2 is 1.89 bits per heavy atom. The summed E-state index contributed by atoms with van der Waals surface area (Å²) in [6.07, 6.45) is 0.793. The van der Waals surface area contributed by atoms with E-state index in [4.69, 9.17) is 9.47 Å². The van der Waals surface area contributed by atoms with Crippen molar-refractivity contribution in [1.29, 1.82) is 0 Å². The number of rotatable bonds is 5. The van der Waals surface area contributed by atoms with Crippen molar-refractivity contribution in [3.63, 3.8) is 0 Å². The van der Waals surface area contributed by atoms with Crippen molar-refractivity contribution in [2.24, 2.45) is 5.92 Å². The maximum Gasteiger partial charge on any atom is 0.252 e. The van der Waals surface area contributed by atoms with Gasteiger partial charge < -0.3 is 14.8 Å². The average molecular weight is 423 g/mol. The van der Waals surface area contributed by atoms with Gasteiger partial charge in [-0.3, -0.25) is 4.79 Å². The SMILES string of the molecule is O=C(NCC1COc2ccccc2O1)C1CCN(S(=O)(=O)c2cccs2)CC1. The van der Waals surface area contributed by atoms with Crippen molar-refractivity contribution < 1.29 is 22.7 Å². The van der Waals surface area contributed by atoms with E-state index in [9.17, 15) is 13.2 Å². The third kappa shape index (κ3) is 4.01. The van der Waals surface area contributed by atoms with Crippen LogP contribution in [0.1, 0.15) is 12.8 Å². The Kier molecular flexibility index (Phi) is 5.56. The fraction of sp³-hybridized carbons (Fsp3) is 0.421. The van der Waals surface area contributed by atoms with Gasteiger partial charge in [0.2, 0.25) is 5.91 Å². The van der Waals surface area contributed by atoms with Gasteiger partial charge >= 0.3 is 0 Å². The third-order valence-corrected chi connectivity index (χ3v) is 8.26. The molecule has 3 heterocycles. The van der Waals surface area contributed by atoms with Gasteiger partial charge in [-0.1, -0.05) is 18.2 Å². The molecule has 1 unspecified atom stereocenters. The van der Waals surface area contributed by atoms with Crippen LogP contribution in [-0.4, -0.2) is 51.0 Å². The smallest absolute Gasteiger partial charge is 0.252 e. The Morgan fingerprint density at radius 1 is 1.14 bits per heavy atom. The number of ether oxygens (including phenoxy) is 2. The van der Waals surface area contributed by atoms with Crippen molar-refractivity contribution in [3.8, 4) is 11.5 Å². The van der Waals surface area contributed by atoms with Crippen LogP contribution < -0.4 is 14.8 Å². The number of benzene rings is 1. The minimum Gasteiger partial charge on any atom is -0.486 e. The first-order valence-electron chi connectivity index (χ1n) is 9.24. The third-order valence-electron chi connectivity index (χ3n) is 4.99. The summed E-state index contributed by atoms with van der Waals surface area (Å²) in [6, 6.07) is 10.8. The van der Waals surface area contributed by atoms with E-state index in [2.05, 4.69) is 5.32 Å². The van der Waals surface area contributed by atoms with Crippen LogP contribution in [0.25, 0.3) is 0 Å². The number of sulfonamides is 1. The number of hydrogen-bond acceptors (Lipinski definition) is 6. The van der Waals surface area contributed by atoms with E-state index in [-0.39, 0.29) is 17.9 Å². The minimum atomic E-state index is -3.44. The quantitative estimate of drug-likeness (QED) is 0.798. The lowest BCUT2D eigenvalue weighted by molar-refractivity contribution is -0.126. The van der Waals surface area contributed by atoms with Crippen LogP contribution in [0.2, 0.25) is 0 Å². The number of amides is 1. The number of thiophene rings is 1. The molecule has 0 radical (unpaired) electrons. The summed E-state index contributed by atoms with van der Waals surface area (Å²) in [5.74, 6) is 1.15. The van der Waals surface area contributed by atoms with E-state index in [1.807, 2.05) is 24.3 Å². The van der Waals surface area contributed by atoms with Gasteiger partial charge in [-0.05, 0) is 36.4 Å². The van der Waals surface area contributed by atoms with E-state index in [0.29, 0.717) is 54.8 Å². The average Bonchev–Trinajstić information content (AvgIpc) is 3.28. The number of para-hydroxylation sites is 2. The van der Waals surface area contributed by atoms with Gasteiger partial charge in [0.1, 0.15) is 16.9 Å². The van der Waals surface area contributed by atoms with Gasteiger partial charge in [0.05, 0.1) is 6.54 Å². The molecule has 7 nitrogen and oxygen atoms in total. The first-order valence-corrected chi connectivity index (χ1v) is 11.6. The summed E-state index contributed by atoms with van der Waals surface area (Å²) in [6.45, 7) is 1.46. The topological polar surface area (TPSA) is 84.9 Å². The van der Waals surface area contributed by atoms with E-state index in [0.717, 1.165) is 0 Å². The summed E-state index contributed by atoms with van der Waals surface area (Å²) < 4.78 is 38.4. The molecule has 1 fully saturated rings. The monoisotopic (exact) mass is 422 g/mol. The first kappa shape index (κ1) is 19.2. The highest BCUT2D eigenvalue weighted by Crippen LogP contribution is 2.31. The van der Waals surface area contributed by atoms with Gasteiger partial charge in [0.15, 0.2) is 11.5 Å². The number of nitrogens with zero attached hydrogens (tertiary/aromatic N) is 1. The van der Waals surface area contributed by atoms with Crippen LogP contribution in [-0.2, 0) is 14.8 Å². The van der Waals surface area contributed by atoms with Gasteiger partial charge in [-0.25, -0.2) is 8.42 Å². The highest BCUT2D eigenvalue weighted by atomic mass is 32.2. The lowest BCUT2D eigenvalue weighted by Gasteiger charge is -2.31. The van der Waals surface area contributed by atoms with Gasteiger partial charge in [-0.15, -0.1) is 11.3 Å². The normalized spacial score (nSPS) is 20.6. The lowest BCUT2D eigenvalue weighted by Crippen LogP contribution is -2.46. The van der Waals surface area contributed by atoms with E-state index >= 15 is 0 Å². The molecule has 1 saturated heterocycles. The van der Waals surface area contributed by atoms with Gasteiger partial charge in [0, 0.05) is 19.0 Å². The van der Waals surface area contributed by atoms with Crippen LogP contribution in [0, 0.1) is 5.92 Å². The van der Waals surface area contributed by atoms with Gasteiger partial charge in [-0.2, -0.15) is 4.31 Å². The van der Waals surface area contributed by atoms with Gasteiger partial charge in [0.25, 0.3) is 10.0 Å². The predicted molar refractivity (Wildman–Crippen MR) is 105 cm³/mol. The summed E-state index contributed by atoms with van der Waals surface area (Å²) >= 11 is 1.22. The molecule has 1 N–H and O–H groups in total. The molecule has 0 spiro atoms. The molecule has 1 aromatic carbocycles. The molecule has 1 atom stereocenters. The number of piperidine rings is 1. The van der Waals surface area contributed by atoms with Crippen LogP contribution in [0.5, 0.6) is 11.5 Å². The summed E-state index contributed by atoms with van der Waals surface area (Å²) in [5.41, 5.74) is 0. The van der Waals surface area contributed by atoms with Crippen molar-refractivity contribution in [2.75, 3.05) is 26.2 Å². The number of nitrogens with one attached hydrogen (secondary N) is 1. The van der Waals surface area contributed by atoms with Crippen LogP contribution in [0.3, 0.4) is 0 Å². The second kappa shape index (κ2) is 8.10. The summed E-state index contributed by atoms with van der Waals surface area (Å²) in [4.78, 5) is 12.5. The second-order valence-electron chi connectivity index (χ2n) is 6.85. The van der Waals surface area contributed by atoms with Crippen molar-refractivity contribution >= 4 is 27.3 Å². The fourth-order valence-electron chi connectivity index (χ4n) is 3.42. The zero-order chi connectivity index (χ0) is 19.6. The second-order valence-corrected chi connectivity index (χ2v) is 9.97. The molecule has 28 heavy (non-hydrogen) atoms. The number of carbonyl (C=O) groups is 1. The number of fused-ring (bicyclic) bond motifs is 1. The van der Waals surface area contributed by atoms with Crippen molar-refractivity contribution in [3.05, 3.63) is 41.8 Å². The number of carbonyl (C=O) groups excluding carboxylic acids is 1. The minimum absolute atomic E-state index is 0.0596. The Balaban J connectivity index is 1.26. The molecule has 2 aliphatic heterocycles. The molecule has 4 rings (SSSR count). The lowest BCUT2D eigenvalue weighted by atomic mass is 9.97. The standard InChI is InChI=1S/C19H22N2O5S2/c22-19(20-12-15-13-25-16-4-1-2-5-17(16)26-15)14-7-9-21(10-8-14)28(23,24)18-6-3-11-27-18/h1-6,11,14-15H,7-10,12-13H2,(H,20,22). The molecule has 2 aliphatic rings. The zero-order valence-corrected chi connectivity index (χ0v) is 16.9. The van der Waals surface area contributed by atoms with E-state index in [1.165, 1.54) is 15.6 Å². The first-order chi connectivity index (χ1) is 13.5. The summed E-state index contributed by atoms with van der Waals surface area (Å²) in [5, 5.41) is 4.68. The Labute approximate surface area is 168 Å². The zero-order valence-electron chi connectivity index (χ0n) is 15.2. The predicted octanol–water partition coefficient (Wildman–Crippen LogP) is 2.10. The molecule has 2 aromatic rings. The Morgan fingerprint density at radius 3 is 2.61 bits per heavy atom. The van der Waals surface area contributed by atoms with Crippen molar-refractivity contribution in [2.45, 2.75) is 23.2 Å². The Bertz CT molecular complexity index is 922. The number of hydrogen-bond donors (Lipinski definition) is 1. The Hall–Kier alpha value is -2.10. The van der Waals surface area contributed by atoms with E-state index < -0.39 is 10.0 Å². The van der Waals surface area contributed by atoms with Crippen LogP contribution >= 0.6 is 11.3 Å². The van der Waals surface area contributed by atoms with Crippen molar-refractivity contribution in [1.82, 2.24) is 9.62 Å². The highest BCUT2D eigenvalue weighted by Gasteiger charge is 2.33. The molecule has 9 heteroatoms. The van der Waals surface area contributed by atoms with E-state index in [1.54, 1.807) is 17.5 Å². The van der Waals surface area contributed by atoms with Crippen LogP contribution in [0.15, 0.2) is 46.0 Å². The molecular weight excluding hydrogens is 400 g/mol. The summed E-state index contributed by atoms with van der Waals surface area (Å²) in [7, 11) is -3.44.